The highest BCUT2D eigenvalue weighted by Gasteiger charge is 2.37. The number of carbonyl (C=O) groups is 1. The summed E-state index contributed by atoms with van der Waals surface area (Å²) in [5.41, 5.74) is 1.77. The SMILES string of the molecule is Cc1c(O)cc2c(c1C)OC(C)(CCCC(C)CCCC(C)CCCC(C)C)CC2=O. The zero-order valence-electron chi connectivity index (χ0n) is 21.1. The molecule has 3 unspecified atom stereocenters. The maximum Gasteiger partial charge on any atom is 0.170 e. The van der Waals surface area contributed by atoms with Crippen molar-refractivity contribution in [3.05, 3.63) is 22.8 Å². The van der Waals surface area contributed by atoms with Crippen molar-refractivity contribution >= 4 is 5.78 Å². The molecule has 1 heterocycles. The lowest BCUT2D eigenvalue weighted by atomic mass is 9.84. The highest BCUT2D eigenvalue weighted by Crippen LogP contribution is 2.42. The number of hydrogen-bond donors (Lipinski definition) is 1. The first kappa shape index (κ1) is 25.7. The molecule has 1 N–H and O–H groups in total. The lowest BCUT2D eigenvalue weighted by Gasteiger charge is -2.36. The first-order chi connectivity index (χ1) is 14.5. The third kappa shape index (κ3) is 7.54. The largest absolute Gasteiger partial charge is 0.508 e. The Kier molecular flexibility index (Phi) is 9.45. The van der Waals surface area contributed by atoms with Gasteiger partial charge in [-0.2, -0.15) is 0 Å². The molecule has 3 atom stereocenters. The predicted molar refractivity (Wildman–Crippen MR) is 130 cm³/mol. The van der Waals surface area contributed by atoms with Crippen LogP contribution in [0.4, 0.5) is 0 Å². The minimum absolute atomic E-state index is 0.0849. The fourth-order valence-corrected chi connectivity index (χ4v) is 4.87. The Labute approximate surface area is 191 Å². The third-order valence-electron chi connectivity index (χ3n) is 7.27. The normalized spacial score (nSPS) is 20.5. The molecule has 1 aromatic carbocycles. The fourth-order valence-electron chi connectivity index (χ4n) is 4.87. The van der Waals surface area contributed by atoms with E-state index in [0.717, 1.165) is 41.7 Å². The Morgan fingerprint density at radius 3 is 2.06 bits per heavy atom. The lowest BCUT2D eigenvalue weighted by molar-refractivity contribution is 0.0439. The number of aromatic hydroxyl groups is 1. The van der Waals surface area contributed by atoms with Crippen molar-refractivity contribution in [2.45, 2.75) is 118 Å². The van der Waals surface area contributed by atoms with Crippen molar-refractivity contribution in [3.8, 4) is 11.5 Å². The monoisotopic (exact) mass is 430 g/mol. The van der Waals surface area contributed by atoms with E-state index in [0.29, 0.717) is 17.7 Å². The summed E-state index contributed by atoms with van der Waals surface area (Å²) in [5.74, 6) is 3.33. The first-order valence-corrected chi connectivity index (χ1v) is 12.6. The Morgan fingerprint density at radius 1 is 0.935 bits per heavy atom. The van der Waals surface area contributed by atoms with Crippen LogP contribution in [0.2, 0.25) is 0 Å². The molecular weight excluding hydrogens is 384 g/mol. The number of Topliss-reactive ketones (excluding diaryl/α,β-unsaturated/α-hetero) is 1. The van der Waals surface area contributed by atoms with E-state index in [2.05, 4.69) is 34.6 Å². The molecule has 0 bridgehead atoms. The topological polar surface area (TPSA) is 46.5 Å². The van der Waals surface area contributed by atoms with E-state index in [1.165, 1.54) is 44.9 Å². The second-order valence-electron chi connectivity index (χ2n) is 11.0. The van der Waals surface area contributed by atoms with Crippen LogP contribution in [0.5, 0.6) is 11.5 Å². The lowest BCUT2D eigenvalue weighted by Crippen LogP contribution is -2.39. The molecule has 0 amide bonds. The molecule has 0 saturated heterocycles. The van der Waals surface area contributed by atoms with E-state index in [9.17, 15) is 9.90 Å². The van der Waals surface area contributed by atoms with Crippen LogP contribution in [0.3, 0.4) is 0 Å². The molecule has 0 radical (unpaired) electrons. The van der Waals surface area contributed by atoms with Gasteiger partial charge in [-0.05, 0) is 68.6 Å². The summed E-state index contributed by atoms with van der Waals surface area (Å²) in [6.07, 6.45) is 11.6. The molecule has 2 rings (SSSR count). The van der Waals surface area contributed by atoms with E-state index in [1.54, 1.807) is 6.07 Å². The van der Waals surface area contributed by atoms with E-state index in [4.69, 9.17) is 4.74 Å². The van der Waals surface area contributed by atoms with Gasteiger partial charge in [-0.25, -0.2) is 0 Å². The molecule has 0 aliphatic carbocycles. The Morgan fingerprint density at radius 2 is 1.48 bits per heavy atom. The zero-order valence-corrected chi connectivity index (χ0v) is 21.1. The second-order valence-corrected chi connectivity index (χ2v) is 11.0. The summed E-state index contributed by atoms with van der Waals surface area (Å²) in [4.78, 5) is 12.7. The van der Waals surface area contributed by atoms with Crippen LogP contribution in [0.15, 0.2) is 6.07 Å². The summed E-state index contributed by atoms with van der Waals surface area (Å²) in [6, 6.07) is 1.57. The van der Waals surface area contributed by atoms with Crippen molar-refractivity contribution in [3.63, 3.8) is 0 Å². The minimum atomic E-state index is -0.442. The minimum Gasteiger partial charge on any atom is -0.508 e. The molecule has 0 fully saturated rings. The van der Waals surface area contributed by atoms with Gasteiger partial charge in [0.25, 0.3) is 0 Å². The van der Waals surface area contributed by atoms with Crippen molar-refractivity contribution < 1.29 is 14.6 Å². The van der Waals surface area contributed by atoms with Gasteiger partial charge < -0.3 is 9.84 Å². The summed E-state index contributed by atoms with van der Waals surface area (Å²) in [5, 5.41) is 10.1. The number of fused-ring (bicyclic) bond motifs is 1. The number of benzene rings is 1. The number of carbonyl (C=O) groups excluding carboxylic acids is 1. The van der Waals surface area contributed by atoms with Gasteiger partial charge >= 0.3 is 0 Å². The number of rotatable bonds is 12. The van der Waals surface area contributed by atoms with Gasteiger partial charge in [-0.15, -0.1) is 0 Å². The average molecular weight is 431 g/mol. The van der Waals surface area contributed by atoms with Gasteiger partial charge in [0.2, 0.25) is 0 Å². The van der Waals surface area contributed by atoms with Crippen molar-refractivity contribution in [2.24, 2.45) is 17.8 Å². The number of phenols is 1. The van der Waals surface area contributed by atoms with E-state index < -0.39 is 5.60 Å². The van der Waals surface area contributed by atoms with Crippen molar-refractivity contribution in [1.29, 1.82) is 0 Å². The van der Waals surface area contributed by atoms with Crippen LogP contribution in [0, 0.1) is 31.6 Å². The molecule has 1 aromatic rings. The number of ether oxygens (including phenoxy) is 1. The van der Waals surface area contributed by atoms with Gasteiger partial charge in [0.15, 0.2) is 5.78 Å². The summed E-state index contributed by atoms with van der Waals surface area (Å²) >= 11 is 0. The van der Waals surface area contributed by atoms with Crippen LogP contribution < -0.4 is 4.74 Å². The molecule has 0 spiro atoms. The maximum atomic E-state index is 12.7. The zero-order chi connectivity index (χ0) is 23.2. The van der Waals surface area contributed by atoms with Gasteiger partial charge in [0.1, 0.15) is 17.1 Å². The van der Waals surface area contributed by atoms with E-state index in [1.807, 2.05) is 13.8 Å². The van der Waals surface area contributed by atoms with Gasteiger partial charge in [-0.1, -0.05) is 72.6 Å². The number of phenolic OH excluding ortho intramolecular Hbond substituents is 1. The third-order valence-corrected chi connectivity index (χ3v) is 7.27. The van der Waals surface area contributed by atoms with Crippen LogP contribution in [0.25, 0.3) is 0 Å². The van der Waals surface area contributed by atoms with Crippen molar-refractivity contribution in [1.82, 2.24) is 0 Å². The Hall–Kier alpha value is -1.51. The Balaban J connectivity index is 1.75. The maximum absolute atomic E-state index is 12.7. The van der Waals surface area contributed by atoms with Gasteiger partial charge in [0.05, 0.1) is 12.0 Å². The standard InChI is InChI=1S/C28H46O3/c1-19(2)11-8-12-20(3)13-9-14-21(4)15-10-16-28(7)18-26(30)24-17-25(29)22(5)23(6)27(24)31-28/h17,19-21,29H,8-16,18H2,1-7H3. The summed E-state index contributed by atoms with van der Waals surface area (Å²) < 4.78 is 6.37. The van der Waals surface area contributed by atoms with Gasteiger partial charge in [0, 0.05) is 0 Å². The molecular formula is C28H46O3. The molecule has 3 nitrogen and oxygen atoms in total. The first-order valence-electron chi connectivity index (χ1n) is 12.6. The van der Waals surface area contributed by atoms with Gasteiger partial charge in [-0.3, -0.25) is 4.79 Å². The quantitative estimate of drug-likeness (QED) is 0.364. The van der Waals surface area contributed by atoms with Crippen molar-refractivity contribution in [2.75, 3.05) is 0 Å². The van der Waals surface area contributed by atoms with Crippen LogP contribution in [0.1, 0.15) is 120 Å². The van der Waals surface area contributed by atoms with E-state index >= 15 is 0 Å². The Bertz CT molecular complexity index is 736. The smallest absolute Gasteiger partial charge is 0.170 e. The average Bonchev–Trinajstić information content (AvgIpc) is 2.67. The molecule has 0 saturated carbocycles. The highest BCUT2D eigenvalue weighted by atomic mass is 16.5. The number of hydrogen-bond acceptors (Lipinski definition) is 3. The van der Waals surface area contributed by atoms with Crippen LogP contribution >= 0.6 is 0 Å². The molecule has 176 valence electrons. The van der Waals surface area contributed by atoms with Crippen LogP contribution in [-0.4, -0.2) is 16.5 Å². The predicted octanol–water partition coefficient (Wildman–Crippen LogP) is 8.17. The molecule has 31 heavy (non-hydrogen) atoms. The summed E-state index contributed by atoms with van der Waals surface area (Å²) in [7, 11) is 0. The highest BCUT2D eigenvalue weighted by molar-refractivity contribution is 6.01. The van der Waals surface area contributed by atoms with E-state index in [-0.39, 0.29) is 11.5 Å². The molecule has 3 heteroatoms. The van der Waals surface area contributed by atoms with Crippen LogP contribution in [-0.2, 0) is 0 Å². The number of ketones is 1. The summed E-state index contributed by atoms with van der Waals surface area (Å²) in [6.45, 7) is 15.3. The molecule has 1 aliphatic heterocycles. The molecule has 1 aliphatic rings. The molecule has 0 aromatic heterocycles. The second kappa shape index (κ2) is 11.4. The fraction of sp³-hybridized carbons (Fsp3) is 0.750.